The first-order valence-corrected chi connectivity index (χ1v) is 4.43. The van der Waals surface area contributed by atoms with Crippen molar-refractivity contribution in [2.24, 2.45) is 5.73 Å². The van der Waals surface area contributed by atoms with Gasteiger partial charge in [-0.1, -0.05) is 23.2 Å². The van der Waals surface area contributed by atoms with E-state index in [9.17, 15) is 4.79 Å². The molecule has 1 aromatic rings. The van der Waals surface area contributed by atoms with Crippen LogP contribution in [0.2, 0.25) is 10.2 Å². The number of rotatable bonds is 3. The molecule has 2 N–H and O–H groups in total. The van der Waals surface area contributed by atoms with Crippen LogP contribution in [0.1, 0.15) is 12.0 Å². The highest BCUT2D eigenvalue weighted by atomic mass is 35.5. The normalized spacial score (nSPS) is 10.0. The average molecular weight is 219 g/mol. The summed E-state index contributed by atoms with van der Waals surface area (Å²) >= 11 is 11.3. The summed E-state index contributed by atoms with van der Waals surface area (Å²) in [5.41, 5.74) is 5.84. The number of nitrogens with two attached hydrogens (primary N) is 1. The van der Waals surface area contributed by atoms with Crippen LogP contribution in [0.25, 0.3) is 0 Å². The first-order chi connectivity index (χ1) is 6.09. The van der Waals surface area contributed by atoms with Crippen molar-refractivity contribution in [3.05, 3.63) is 28.0 Å². The first-order valence-electron chi connectivity index (χ1n) is 3.68. The fourth-order valence-electron chi connectivity index (χ4n) is 0.865. The number of hydrogen-bond acceptors (Lipinski definition) is 2. The topological polar surface area (TPSA) is 56.0 Å². The molecule has 0 aliphatic rings. The SMILES string of the molecule is NC(=O)CCc1cnc(Cl)c(Cl)c1. The number of aromatic nitrogens is 1. The van der Waals surface area contributed by atoms with E-state index in [1.807, 2.05) is 0 Å². The molecule has 0 unspecified atom stereocenters. The lowest BCUT2D eigenvalue weighted by atomic mass is 10.1. The summed E-state index contributed by atoms with van der Waals surface area (Å²) in [4.78, 5) is 14.3. The Bertz CT molecular complexity index is 328. The first kappa shape index (κ1) is 10.3. The number of hydrogen-bond donors (Lipinski definition) is 1. The van der Waals surface area contributed by atoms with E-state index in [1.54, 1.807) is 12.3 Å². The van der Waals surface area contributed by atoms with E-state index in [0.29, 0.717) is 17.9 Å². The summed E-state index contributed by atoms with van der Waals surface area (Å²) in [6.07, 6.45) is 2.41. The van der Waals surface area contributed by atoms with E-state index in [1.165, 1.54) is 0 Å². The highest BCUT2D eigenvalue weighted by Crippen LogP contribution is 2.20. The van der Waals surface area contributed by atoms with Gasteiger partial charge in [0.05, 0.1) is 5.02 Å². The summed E-state index contributed by atoms with van der Waals surface area (Å²) in [6, 6.07) is 1.68. The van der Waals surface area contributed by atoms with Crippen LogP contribution in [0.4, 0.5) is 0 Å². The van der Waals surface area contributed by atoms with Gasteiger partial charge in [-0.15, -0.1) is 0 Å². The minimum Gasteiger partial charge on any atom is -0.370 e. The monoisotopic (exact) mass is 218 g/mol. The molecule has 1 amide bonds. The summed E-state index contributed by atoms with van der Waals surface area (Å²) in [5.74, 6) is -0.342. The van der Waals surface area contributed by atoms with Crippen molar-refractivity contribution in [1.82, 2.24) is 4.98 Å². The molecule has 5 heteroatoms. The maximum Gasteiger partial charge on any atom is 0.217 e. The van der Waals surface area contributed by atoms with Gasteiger partial charge in [-0.25, -0.2) is 4.98 Å². The molecule has 0 saturated carbocycles. The number of primary amides is 1. The van der Waals surface area contributed by atoms with Crippen LogP contribution in [0.3, 0.4) is 0 Å². The van der Waals surface area contributed by atoms with Crippen LogP contribution in [0, 0.1) is 0 Å². The van der Waals surface area contributed by atoms with Crippen molar-refractivity contribution < 1.29 is 4.79 Å². The smallest absolute Gasteiger partial charge is 0.217 e. The average Bonchev–Trinajstić information content (AvgIpc) is 2.07. The van der Waals surface area contributed by atoms with Gasteiger partial charge >= 0.3 is 0 Å². The number of amides is 1. The third kappa shape index (κ3) is 3.20. The van der Waals surface area contributed by atoms with Gasteiger partial charge in [0, 0.05) is 12.6 Å². The van der Waals surface area contributed by atoms with E-state index in [4.69, 9.17) is 28.9 Å². The largest absolute Gasteiger partial charge is 0.370 e. The minimum absolute atomic E-state index is 0.268. The third-order valence-electron chi connectivity index (χ3n) is 1.51. The van der Waals surface area contributed by atoms with Crippen LogP contribution in [0.15, 0.2) is 12.3 Å². The Hall–Kier alpha value is -0.800. The predicted octanol–water partition coefficient (Wildman–Crippen LogP) is 1.81. The molecule has 70 valence electrons. The van der Waals surface area contributed by atoms with Crippen LogP contribution >= 0.6 is 23.2 Å². The van der Waals surface area contributed by atoms with Gasteiger partial charge in [-0.2, -0.15) is 0 Å². The van der Waals surface area contributed by atoms with Crippen molar-refractivity contribution in [1.29, 1.82) is 0 Å². The van der Waals surface area contributed by atoms with Crippen molar-refractivity contribution in [2.75, 3.05) is 0 Å². The number of halogens is 2. The second kappa shape index (κ2) is 4.44. The van der Waals surface area contributed by atoms with Crippen molar-refractivity contribution in [2.45, 2.75) is 12.8 Å². The van der Waals surface area contributed by atoms with Crippen LogP contribution in [-0.4, -0.2) is 10.9 Å². The fraction of sp³-hybridized carbons (Fsp3) is 0.250. The van der Waals surface area contributed by atoms with Crippen LogP contribution in [0.5, 0.6) is 0 Å². The molecule has 0 atom stereocenters. The fourth-order valence-corrected chi connectivity index (χ4v) is 1.16. The van der Waals surface area contributed by atoms with Gasteiger partial charge in [0.1, 0.15) is 5.15 Å². The molecule has 0 aliphatic heterocycles. The second-order valence-corrected chi connectivity index (χ2v) is 3.35. The molecule has 0 spiro atoms. The Morgan fingerprint density at radius 3 is 2.77 bits per heavy atom. The molecule has 0 aliphatic carbocycles. The van der Waals surface area contributed by atoms with Gasteiger partial charge in [0.2, 0.25) is 5.91 Å². The Balaban J connectivity index is 2.68. The molecule has 3 nitrogen and oxygen atoms in total. The van der Waals surface area contributed by atoms with E-state index in [-0.39, 0.29) is 11.1 Å². The quantitative estimate of drug-likeness (QED) is 0.788. The standard InChI is InChI=1S/C8H8Cl2N2O/c9-6-3-5(1-2-7(11)13)4-12-8(6)10/h3-4H,1-2H2,(H2,11,13). The Morgan fingerprint density at radius 2 is 2.23 bits per heavy atom. The summed E-state index contributed by atoms with van der Waals surface area (Å²) in [5, 5.41) is 0.660. The number of carbonyl (C=O) groups is 1. The minimum atomic E-state index is -0.342. The lowest BCUT2D eigenvalue weighted by molar-refractivity contribution is -0.117. The molecule has 0 bridgehead atoms. The number of nitrogens with zero attached hydrogens (tertiary/aromatic N) is 1. The Kier molecular flexibility index (Phi) is 3.51. The van der Waals surface area contributed by atoms with E-state index in [2.05, 4.69) is 4.98 Å². The molecular weight excluding hydrogens is 211 g/mol. The number of pyridine rings is 1. The van der Waals surface area contributed by atoms with Crippen LogP contribution in [-0.2, 0) is 11.2 Å². The zero-order valence-corrected chi connectivity index (χ0v) is 8.27. The van der Waals surface area contributed by atoms with E-state index < -0.39 is 0 Å². The molecule has 0 saturated heterocycles. The van der Waals surface area contributed by atoms with Crippen molar-refractivity contribution in [3.63, 3.8) is 0 Å². The number of carbonyl (C=O) groups excluding carboxylic acids is 1. The summed E-state index contributed by atoms with van der Waals surface area (Å²) in [7, 11) is 0. The van der Waals surface area contributed by atoms with Gasteiger partial charge in [0.15, 0.2) is 0 Å². The molecule has 1 aromatic heterocycles. The molecule has 0 aromatic carbocycles. The zero-order chi connectivity index (χ0) is 9.84. The maximum atomic E-state index is 10.5. The van der Waals surface area contributed by atoms with E-state index >= 15 is 0 Å². The highest BCUT2D eigenvalue weighted by Gasteiger charge is 2.02. The predicted molar refractivity (Wildman–Crippen MR) is 51.8 cm³/mol. The molecule has 13 heavy (non-hydrogen) atoms. The lowest BCUT2D eigenvalue weighted by Gasteiger charge is -2.00. The molecule has 0 fully saturated rings. The molecular formula is C8H8Cl2N2O. The summed E-state index contributed by atoms with van der Waals surface area (Å²) in [6.45, 7) is 0. The van der Waals surface area contributed by atoms with Gasteiger partial charge in [0.25, 0.3) is 0 Å². The van der Waals surface area contributed by atoms with Crippen molar-refractivity contribution in [3.8, 4) is 0 Å². The Labute approximate surface area is 85.9 Å². The van der Waals surface area contributed by atoms with Crippen LogP contribution < -0.4 is 5.73 Å². The second-order valence-electron chi connectivity index (χ2n) is 2.58. The third-order valence-corrected chi connectivity index (χ3v) is 2.20. The van der Waals surface area contributed by atoms with E-state index in [0.717, 1.165) is 5.56 Å². The van der Waals surface area contributed by atoms with Gasteiger partial charge in [-0.3, -0.25) is 4.79 Å². The maximum absolute atomic E-state index is 10.5. The summed E-state index contributed by atoms with van der Waals surface area (Å²) < 4.78 is 0. The van der Waals surface area contributed by atoms with Gasteiger partial charge < -0.3 is 5.73 Å². The Morgan fingerprint density at radius 1 is 1.54 bits per heavy atom. The van der Waals surface area contributed by atoms with Gasteiger partial charge in [-0.05, 0) is 18.1 Å². The highest BCUT2D eigenvalue weighted by molar-refractivity contribution is 6.41. The molecule has 1 heterocycles. The lowest BCUT2D eigenvalue weighted by Crippen LogP contribution is -2.11. The molecule has 0 radical (unpaired) electrons. The zero-order valence-electron chi connectivity index (χ0n) is 6.76. The molecule has 1 rings (SSSR count). The van der Waals surface area contributed by atoms with Crippen molar-refractivity contribution >= 4 is 29.1 Å². The number of aryl methyl sites for hydroxylation is 1.